The Morgan fingerprint density at radius 3 is 2.74 bits per heavy atom. The number of carboxylic acids is 1. The Balaban J connectivity index is 0.00000192. The molecular formula is C15H14KNO4S2. The van der Waals surface area contributed by atoms with Crippen molar-refractivity contribution in [2.45, 2.75) is 23.3 Å². The van der Waals surface area contributed by atoms with E-state index in [0.29, 0.717) is 4.91 Å². The van der Waals surface area contributed by atoms with Gasteiger partial charge in [0.1, 0.15) is 5.37 Å². The molecule has 3 atom stereocenters. The predicted molar refractivity (Wildman–Crippen MR) is 83.5 cm³/mol. The molecule has 3 rings (SSSR count). The summed E-state index contributed by atoms with van der Waals surface area (Å²) in [5.74, 6) is -2.29. The van der Waals surface area contributed by atoms with E-state index in [0.717, 1.165) is 10.5 Å². The number of hydrogen-bond acceptors (Lipinski definition) is 6. The van der Waals surface area contributed by atoms with Crippen molar-refractivity contribution < 1.29 is 71.2 Å². The first-order valence-electron chi connectivity index (χ1n) is 6.73. The molecule has 0 spiro atoms. The molecule has 0 aliphatic carbocycles. The molecule has 2 aliphatic heterocycles. The zero-order chi connectivity index (χ0) is 16.0. The van der Waals surface area contributed by atoms with E-state index in [4.69, 9.17) is 0 Å². The third-order valence-corrected chi connectivity index (χ3v) is 5.96. The van der Waals surface area contributed by atoms with Gasteiger partial charge in [-0.15, -0.1) is 11.8 Å². The second-order valence-electron chi connectivity index (χ2n) is 5.18. The molecule has 1 aromatic rings. The molecule has 2 aliphatic rings. The van der Waals surface area contributed by atoms with Crippen molar-refractivity contribution in [2.75, 3.05) is 6.26 Å². The van der Waals surface area contributed by atoms with Gasteiger partial charge in [0.05, 0.1) is 23.7 Å². The summed E-state index contributed by atoms with van der Waals surface area (Å²) in [5.41, 5.74) is 0.665. The Bertz CT molecular complexity index is 692. The first-order valence-corrected chi connectivity index (χ1v) is 8.84. The summed E-state index contributed by atoms with van der Waals surface area (Å²) in [6, 6.07) is 7.50. The largest absolute Gasteiger partial charge is 1.00 e. The molecular weight excluding hydrogens is 361 g/mol. The second kappa shape index (κ2) is 7.61. The fourth-order valence-electron chi connectivity index (χ4n) is 2.74. The van der Waals surface area contributed by atoms with Gasteiger partial charge in [-0.1, -0.05) is 23.9 Å². The van der Waals surface area contributed by atoms with Crippen LogP contribution in [0.2, 0.25) is 0 Å². The zero-order valence-electron chi connectivity index (χ0n) is 13.0. The minimum atomic E-state index is -1.36. The van der Waals surface area contributed by atoms with Gasteiger partial charge in [-0.25, -0.2) is 0 Å². The quantitative estimate of drug-likeness (QED) is 0.364. The van der Waals surface area contributed by atoms with Crippen molar-refractivity contribution in [1.82, 2.24) is 4.90 Å². The maximum Gasteiger partial charge on any atom is 1.00 e. The van der Waals surface area contributed by atoms with Crippen molar-refractivity contribution in [2.24, 2.45) is 5.92 Å². The van der Waals surface area contributed by atoms with Gasteiger partial charge in [-0.05, 0) is 30.9 Å². The van der Waals surface area contributed by atoms with Gasteiger partial charge in [0, 0.05) is 9.80 Å². The Labute approximate surface area is 185 Å². The molecule has 0 bridgehead atoms. The van der Waals surface area contributed by atoms with Crippen LogP contribution < -0.4 is 56.5 Å². The van der Waals surface area contributed by atoms with E-state index in [1.165, 1.54) is 16.7 Å². The molecule has 1 amide bonds. The van der Waals surface area contributed by atoms with Crippen molar-refractivity contribution >= 4 is 40.3 Å². The van der Waals surface area contributed by atoms with E-state index in [-0.39, 0.29) is 68.4 Å². The fraction of sp³-hybridized carbons (Fsp3) is 0.333. The van der Waals surface area contributed by atoms with E-state index in [9.17, 15) is 19.8 Å². The number of rotatable bonds is 4. The van der Waals surface area contributed by atoms with Crippen molar-refractivity contribution in [3.05, 3.63) is 35.5 Å². The molecule has 23 heavy (non-hydrogen) atoms. The van der Waals surface area contributed by atoms with Crippen LogP contribution in [0, 0.1) is 5.92 Å². The van der Waals surface area contributed by atoms with Crippen LogP contribution in [-0.4, -0.2) is 39.6 Å². The van der Waals surface area contributed by atoms with Crippen LogP contribution in [-0.2, 0) is 9.59 Å². The summed E-state index contributed by atoms with van der Waals surface area (Å²) >= 11 is 2.86. The van der Waals surface area contributed by atoms with E-state index >= 15 is 0 Å². The smallest absolute Gasteiger partial charge is 0.543 e. The first-order chi connectivity index (χ1) is 10.5. The van der Waals surface area contributed by atoms with Crippen LogP contribution in [0.4, 0.5) is 0 Å². The Hall–Kier alpha value is 0.196. The summed E-state index contributed by atoms with van der Waals surface area (Å²) in [7, 11) is 0. The van der Waals surface area contributed by atoms with Crippen molar-refractivity contribution in [1.29, 1.82) is 0 Å². The number of benzene rings is 1. The minimum Gasteiger partial charge on any atom is -0.543 e. The third kappa shape index (κ3) is 3.32. The SMILES string of the molecule is CSc1cccc(C2=C(C(=O)[O-])N3C(=O)[C@H]([C@@H](C)O)[C@H]3S2)c1.[K+]. The van der Waals surface area contributed by atoms with Gasteiger partial charge < -0.3 is 15.0 Å². The van der Waals surface area contributed by atoms with Crippen LogP contribution in [0.3, 0.4) is 0 Å². The molecule has 116 valence electrons. The zero-order valence-corrected chi connectivity index (χ0v) is 17.7. The number of amides is 1. The summed E-state index contributed by atoms with van der Waals surface area (Å²) in [5, 5.41) is 20.8. The van der Waals surface area contributed by atoms with Crippen molar-refractivity contribution in [3.63, 3.8) is 0 Å². The summed E-state index contributed by atoms with van der Waals surface area (Å²) in [6.07, 6.45) is 1.14. The van der Waals surface area contributed by atoms with Gasteiger partial charge >= 0.3 is 51.4 Å². The summed E-state index contributed by atoms with van der Waals surface area (Å²) in [6.45, 7) is 1.55. The molecule has 0 saturated carbocycles. The number of aliphatic hydroxyl groups excluding tert-OH is 1. The molecule has 1 fully saturated rings. The van der Waals surface area contributed by atoms with E-state index < -0.39 is 18.0 Å². The molecule has 8 heteroatoms. The molecule has 1 N–H and O–H groups in total. The first kappa shape index (κ1) is 19.5. The normalized spacial score (nSPS) is 24.0. The molecule has 2 heterocycles. The van der Waals surface area contributed by atoms with Gasteiger partial charge in [-0.2, -0.15) is 0 Å². The molecule has 0 aromatic heterocycles. The van der Waals surface area contributed by atoms with Gasteiger partial charge in [0.15, 0.2) is 0 Å². The van der Waals surface area contributed by atoms with Crippen LogP contribution in [0.5, 0.6) is 0 Å². The van der Waals surface area contributed by atoms with Gasteiger partial charge in [-0.3, -0.25) is 9.69 Å². The molecule has 5 nitrogen and oxygen atoms in total. The number of nitrogens with zero attached hydrogens (tertiary/aromatic N) is 1. The Kier molecular flexibility index (Phi) is 6.46. The maximum absolute atomic E-state index is 12.1. The molecule has 0 unspecified atom stereocenters. The van der Waals surface area contributed by atoms with E-state index in [1.807, 2.05) is 30.5 Å². The van der Waals surface area contributed by atoms with Crippen LogP contribution >= 0.6 is 23.5 Å². The number of aliphatic hydroxyl groups is 1. The average molecular weight is 376 g/mol. The van der Waals surface area contributed by atoms with Gasteiger partial charge in [0.25, 0.3) is 0 Å². The van der Waals surface area contributed by atoms with Crippen LogP contribution in [0.1, 0.15) is 12.5 Å². The van der Waals surface area contributed by atoms with E-state index in [1.54, 1.807) is 18.7 Å². The number of thioether (sulfide) groups is 2. The second-order valence-corrected chi connectivity index (χ2v) is 7.19. The minimum absolute atomic E-state index is 0. The molecule has 0 radical (unpaired) electrons. The number of β-lactam (4-membered cyclic amide) rings is 1. The topological polar surface area (TPSA) is 80.7 Å². The molecule has 1 saturated heterocycles. The van der Waals surface area contributed by atoms with Crippen molar-refractivity contribution in [3.8, 4) is 0 Å². The van der Waals surface area contributed by atoms with Gasteiger partial charge in [0.2, 0.25) is 5.91 Å². The number of carbonyl (C=O) groups excluding carboxylic acids is 2. The number of fused-ring (bicyclic) bond motifs is 1. The Morgan fingerprint density at radius 1 is 1.48 bits per heavy atom. The third-order valence-electron chi connectivity index (χ3n) is 3.82. The maximum atomic E-state index is 12.1. The Morgan fingerprint density at radius 2 is 2.17 bits per heavy atom. The number of carboxylic acid groups (broad SMARTS) is 1. The number of hydrogen-bond donors (Lipinski definition) is 1. The molecule has 1 aromatic carbocycles. The predicted octanol–water partition coefficient (Wildman–Crippen LogP) is -2.26. The average Bonchev–Trinajstić information content (AvgIpc) is 2.82. The van der Waals surface area contributed by atoms with Crippen LogP contribution in [0.15, 0.2) is 34.9 Å². The fourth-order valence-corrected chi connectivity index (χ4v) is 4.80. The number of carbonyl (C=O) groups is 2. The van der Waals surface area contributed by atoms with E-state index in [2.05, 4.69) is 0 Å². The standard InChI is InChI=1S/C15H15NO4S2.K/c1-7(17)10-13(18)16-11(15(19)20)12(22-14(10)16)8-4-3-5-9(6-8)21-2;/h3-7,10,14,17H,1-2H3,(H,19,20);/q;+1/p-1/t7-,10+,14-;/m1./s1. The summed E-state index contributed by atoms with van der Waals surface area (Å²) < 4.78 is 0. The summed E-state index contributed by atoms with van der Waals surface area (Å²) in [4.78, 5) is 26.4. The van der Waals surface area contributed by atoms with Crippen LogP contribution in [0.25, 0.3) is 4.91 Å². The number of aliphatic carboxylic acids is 1. The monoisotopic (exact) mass is 375 g/mol.